The van der Waals surface area contributed by atoms with Crippen molar-refractivity contribution in [1.29, 1.82) is 0 Å². The Morgan fingerprint density at radius 2 is 1.75 bits per heavy atom. The van der Waals surface area contributed by atoms with Crippen molar-refractivity contribution in [2.45, 2.75) is 25.7 Å². The molecule has 5 heteroatoms. The van der Waals surface area contributed by atoms with Crippen LogP contribution in [0.25, 0.3) is 0 Å². The molecular weight excluding hydrogens is 259 g/mol. The van der Waals surface area contributed by atoms with Crippen molar-refractivity contribution in [3.05, 3.63) is 35.6 Å². The predicted molar refractivity (Wildman–Crippen MR) is 73.5 cm³/mol. The zero-order valence-corrected chi connectivity index (χ0v) is 11.4. The molecule has 1 heterocycles. The van der Waals surface area contributed by atoms with Crippen LogP contribution in [0.4, 0.5) is 4.39 Å². The molecule has 0 aliphatic carbocycles. The van der Waals surface area contributed by atoms with Gasteiger partial charge in [-0.2, -0.15) is 0 Å². The van der Waals surface area contributed by atoms with Gasteiger partial charge in [-0.15, -0.1) is 0 Å². The van der Waals surface area contributed by atoms with E-state index in [4.69, 9.17) is 0 Å². The maximum absolute atomic E-state index is 12.7. The largest absolute Gasteiger partial charge is 0.347 e. The number of benzene rings is 1. The Labute approximate surface area is 118 Å². The van der Waals surface area contributed by atoms with E-state index in [1.54, 1.807) is 17.0 Å². The molecular formula is C15H19FN2O2. The van der Waals surface area contributed by atoms with Gasteiger partial charge in [0.15, 0.2) is 0 Å². The lowest BCUT2D eigenvalue weighted by Crippen LogP contribution is -2.45. The van der Waals surface area contributed by atoms with E-state index in [-0.39, 0.29) is 5.82 Å². The Bertz CT molecular complexity index is 467. The number of carbonyl (C=O) groups is 2. The number of piperidine rings is 1. The maximum Gasteiger partial charge on any atom is 0.311 e. The Morgan fingerprint density at radius 1 is 1.10 bits per heavy atom. The van der Waals surface area contributed by atoms with E-state index < -0.39 is 11.8 Å². The zero-order valence-electron chi connectivity index (χ0n) is 11.4. The minimum Gasteiger partial charge on any atom is -0.347 e. The molecule has 1 fully saturated rings. The Kier molecular flexibility index (Phi) is 5.09. The molecule has 0 radical (unpaired) electrons. The van der Waals surface area contributed by atoms with Crippen LogP contribution in [0.5, 0.6) is 0 Å². The number of hydrogen-bond donors (Lipinski definition) is 1. The second-order valence-electron chi connectivity index (χ2n) is 4.99. The first-order valence-electron chi connectivity index (χ1n) is 6.98. The van der Waals surface area contributed by atoms with E-state index in [0.29, 0.717) is 26.1 Å². The van der Waals surface area contributed by atoms with E-state index in [0.717, 1.165) is 24.8 Å². The number of rotatable bonds is 3. The van der Waals surface area contributed by atoms with Crippen molar-refractivity contribution in [2.75, 3.05) is 19.6 Å². The van der Waals surface area contributed by atoms with Crippen molar-refractivity contribution in [2.24, 2.45) is 0 Å². The number of hydrogen-bond acceptors (Lipinski definition) is 2. The molecule has 0 atom stereocenters. The molecule has 108 valence electrons. The van der Waals surface area contributed by atoms with Gasteiger partial charge in [-0.1, -0.05) is 12.1 Å². The average molecular weight is 278 g/mol. The van der Waals surface area contributed by atoms with Gasteiger partial charge in [0.25, 0.3) is 0 Å². The van der Waals surface area contributed by atoms with E-state index in [9.17, 15) is 14.0 Å². The van der Waals surface area contributed by atoms with E-state index in [2.05, 4.69) is 5.32 Å². The average Bonchev–Trinajstić information content (AvgIpc) is 2.49. The van der Waals surface area contributed by atoms with Crippen molar-refractivity contribution in [1.82, 2.24) is 10.2 Å². The van der Waals surface area contributed by atoms with E-state index in [1.165, 1.54) is 12.1 Å². The number of halogens is 1. The minimum absolute atomic E-state index is 0.280. The summed E-state index contributed by atoms with van der Waals surface area (Å²) in [4.78, 5) is 25.2. The number of likely N-dealkylation sites (tertiary alicyclic amines) is 1. The third-order valence-corrected chi connectivity index (χ3v) is 3.45. The molecule has 2 amide bonds. The maximum atomic E-state index is 12.7. The van der Waals surface area contributed by atoms with Crippen LogP contribution in [-0.2, 0) is 16.0 Å². The topological polar surface area (TPSA) is 49.4 Å². The van der Waals surface area contributed by atoms with Crippen LogP contribution >= 0.6 is 0 Å². The molecule has 0 unspecified atom stereocenters. The monoisotopic (exact) mass is 278 g/mol. The van der Waals surface area contributed by atoms with Crippen LogP contribution < -0.4 is 5.32 Å². The third-order valence-electron chi connectivity index (χ3n) is 3.45. The highest BCUT2D eigenvalue weighted by atomic mass is 19.1. The fraction of sp³-hybridized carbons (Fsp3) is 0.467. The van der Waals surface area contributed by atoms with Crippen molar-refractivity contribution in [3.63, 3.8) is 0 Å². The molecule has 0 bridgehead atoms. The molecule has 0 aromatic heterocycles. The normalized spacial score (nSPS) is 14.9. The summed E-state index contributed by atoms with van der Waals surface area (Å²) in [5, 5.41) is 2.62. The Balaban J connectivity index is 1.74. The van der Waals surface area contributed by atoms with Crippen molar-refractivity contribution < 1.29 is 14.0 Å². The predicted octanol–water partition coefficient (Wildman–Crippen LogP) is 1.50. The van der Waals surface area contributed by atoms with Crippen LogP contribution in [0.2, 0.25) is 0 Å². The molecule has 1 saturated heterocycles. The van der Waals surface area contributed by atoms with Gasteiger partial charge >= 0.3 is 11.8 Å². The fourth-order valence-corrected chi connectivity index (χ4v) is 2.29. The Hall–Kier alpha value is -1.91. The quantitative estimate of drug-likeness (QED) is 0.852. The van der Waals surface area contributed by atoms with Crippen molar-refractivity contribution >= 4 is 11.8 Å². The van der Waals surface area contributed by atoms with Gasteiger partial charge in [-0.05, 0) is 43.4 Å². The molecule has 1 aromatic carbocycles. The lowest BCUT2D eigenvalue weighted by Gasteiger charge is -2.25. The molecule has 1 aliphatic heterocycles. The van der Waals surface area contributed by atoms with Gasteiger partial charge in [0, 0.05) is 19.6 Å². The lowest BCUT2D eigenvalue weighted by atomic mass is 10.1. The van der Waals surface area contributed by atoms with E-state index >= 15 is 0 Å². The zero-order chi connectivity index (χ0) is 14.4. The molecule has 20 heavy (non-hydrogen) atoms. The van der Waals surface area contributed by atoms with Crippen LogP contribution in [0.3, 0.4) is 0 Å². The van der Waals surface area contributed by atoms with Gasteiger partial charge in [0.1, 0.15) is 5.82 Å². The van der Waals surface area contributed by atoms with Gasteiger partial charge in [-0.25, -0.2) is 4.39 Å². The first-order valence-corrected chi connectivity index (χ1v) is 6.98. The summed E-state index contributed by atoms with van der Waals surface area (Å²) in [6, 6.07) is 6.12. The number of amides is 2. The standard InChI is InChI=1S/C15H19FN2O2/c16-13-6-4-12(5-7-13)8-9-17-14(19)15(20)18-10-2-1-3-11-18/h4-7H,1-3,8-11H2,(H,17,19). The highest BCUT2D eigenvalue weighted by Crippen LogP contribution is 2.08. The van der Waals surface area contributed by atoms with Crippen LogP contribution in [0.15, 0.2) is 24.3 Å². The van der Waals surface area contributed by atoms with Gasteiger partial charge in [0.05, 0.1) is 0 Å². The third kappa shape index (κ3) is 4.05. The first-order chi connectivity index (χ1) is 9.66. The molecule has 1 N–H and O–H groups in total. The van der Waals surface area contributed by atoms with Gasteiger partial charge in [-0.3, -0.25) is 9.59 Å². The van der Waals surface area contributed by atoms with Crippen LogP contribution in [-0.4, -0.2) is 36.3 Å². The van der Waals surface area contributed by atoms with Gasteiger partial charge in [0.2, 0.25) is 0 Å². The first kappa shape index (κ1) is 14.5. The number of nitrogens with zero attached hydrogens (tertiary/aromatic N) is 1. The minimum atomic E-state index is -0.547. The summed E-state index contributed by atoms with van der Waals surface area (Å²) in [7, 11) is 0. The van der Waals surface area contributed by atoms with Crippen LogP contribution in [0.1, 0.15) is 24.8 Å². The molecule has 1 aromatic rings. The second-order valence-corrected chi connectivity index (χ2v) is 4.99. The summed E-state index contributed by atoms with van der Waals surface area (Å²) in [5.41, 5.74) is 0.928. The molecule has 0 saturated carbocycles. The summed E-state index contributed by atoms with van der Waals surface area (Å²) >= 11 is 0. The van der Waals surface area contributed by atoms with E-state index in [1.807, 2.05) is 0 Å². The number of carbonyl (C=O) groups excluding carboxylic acids is 2. The SMILES string of the molecule is O=C(NCCc1ccc(F)cc1)C(=O)N1CCCCC1. The molecule has 4 nitrogen and oxygen atoms in total. The summed E-state index contributed by atoms with van der Waals surface area (Å²) in [6.07, 6.45) is 3.64. The summed E-state index contributed by atoms with van der Waals surface area (Å²) in [6.45, 7) is 1.72. The second kappa shape index (κ2) is 7.03. The molecule has 2 rings (SSSR count). The van der Waals surface area contributed by atoms with Gasteiger partial charge < -0.3 is 10.2 Å². The summed E-state index contributed by atoms with van der Waals surface area (Å²) in [5.74, 6) is -1.27. The fourth-order valence-electron chi connectivity index (χ4n) is 2.29. The highest BCUT2D eigenvalue weighted by Gasteiger charge is 2.22. The molecule has 0 spiro atoms. The van der Waals surface area contributed by atoms with Crippen LogP contribution in [0, 0.1) is 5.82 Å². The number of nitrogens with one attached hydrogen (secondary N) is 1. The summed E-state index contributed by atoms with van der Waals surface area (Å²) < 4.78 is 12.7. The highest BCUT2D eigenvalue weighted by molar-refractivity contribution is 6.35. The van der Waals surface area contributed by atoms with Crippen molar-refractivity contribution in [3.8, 4) is 0 Å². The molecule has 1 aliphatic rings. The Morgan fingerprint density at radius 3 is 2.40 bits per heavy atom. The lowest BCUT2D eigenvalue weighted by molar-refractivity contribution is -0.146. The smallest absolute Gasteiger partial charge is 0.311 e.